The molecular weight excluding hydrogens is 144 g/mol. The molecule has 0 aliphatic carbocycles. The molecule has 0 spiro atoms. The van der Waals surface area contributed by atoms with Gasteiger partial charge in [-0.05, 0) is 0 Å². The molecule has 0 radical (unpaired) electrons. The van der Waals surface area contributed by atoms with Gasteiger partial charge in [-0.1, -0.05) is 5.21 Å². The molecule has 4 N–H and O–H groups in total. The zero-order chi connectivity index (χ0) is 8.27. The van der Waals surface area contributed by atoms with E-state index in [9.17, 15) is 0 Å². The Labute approximate surface area is 63.4 Å². The first-order chi connectivity index (χ1) is 5.29. The highest BCUT2D eigenvalue weighted by Crippen LogP contribution is 2.03. The van der Waals surface area contributed by atoms with Gasteiger partial charge in [0.25, 0.3) is 0 Å². The van der Waals surface area contributed by atoms with E-state index < -0.39 is 0 Å². The highest BCUT2D eigenvalue weighted by molar-refractivity contribution is 5.42. The molecule has 0 bridgehead atoms. The van der Waals surface area contributed by atoms with E-state index in [2.05, 4.69) is 10.3 Å². The monoisotopic (exact) mass is 152 g/mol. The molecule has 0 unspecified atom stereocenters. The van der Waals surface area contributed by atoms with E-state index in [0.717, 1.165) is 0 Å². The zero-order valence-corrected chi connectivity index (χ0v) is 5.86. The largest absolute Gasteiger partial charge is 0.381 e. The molecule has 0 fully saturated rings. The van der Waals surface area contributed by atoms with Crippen molar-refractivity contribution in [3.63, 3.8) is 0 Å². The van der Waals surface area contributed by atoms with Gasteiger partial charge >= 0.3 is 0 Å². The van der Waals surface area contributed by atoms with Gasteiger partial charge in [0.15, 0.2) is 5.82 Å². The molecule has 0 amide bonds. The maximum absolute atomic E-state index is 8.42. The Bertz CT molecular complexity index is 282. The molecule has 0 aromatic carbocycles. The average Bonchev–Trinajstić information content (AvgIpc) is 2.34. The number of rotatable bonds is 2. The van der Waals surface area contributed by atoms with Crippen molar-refractivity contribution in [1.82, 2.24) is 15.0 Å². The molecule has 1 heterocycles. The van der Waals surface area contributed by atoms with Gasteiger partial charge in [0.1, 0.15) is 6.07 Å². The van der Waals surface area contributed by atoms with E-state index in [4.69, 9.17) is 16.7 Å². The number of hydrogen-bond donors (Lipinski definition) is 2. The SMILES string of the molecule is N#Cc1nnn(CCN)c1N. The number of nitriles is 1. The quantitative estimate of drug-likeness (QED) is 0.547. The fourth-order valence-corrected chi connectivity index (χ4v) is 0.687. The summed E-state index contributed by atoms with van der Waals surface area (Å²) < 4.78 is 1.40. The molecule has 0 aliphatic heterocycles. The summed E-state index contributed by atoms with van der Waals surface area (Å²) in [6, 6.07) is 1.81. The van der Waals surface area contributed by atoms with Crippen LogP contribution < -0.4 is 11.5 Å². The number of hydrogen-bond acceptors (Lipinski definition) is 5. The third kappa shape index (κ3) is 1.28. The molecule has 11 heavy (non-hydrogen) atoms. The second-order valence-electron chi connectivity index (χ2n) is 1.95. The Morgan fingerprint density at radius 2 is 2.36 bits per heavy atom. The maximum atomic E-state index is 8.42. The summed E-state index contributed by atoms with van der Waals surface area (Å²) in [5.41, 5.74) is 10.9. The molecule has 6 heteroatoms. The van der Waals surface area contributed by atoms with Crippen molar-refractivity contribution in [2.75, 3.05) is 12.3 Å². The summed E-state index contributed by atoms with van der Waals surface area (Å²) in [7, 11) is 0. The predicted molar refractivity (Wildman–Crippen MR) is 38.2 cm³/mol. The van der Waals surface area contributed by atoms with Crippen molar-refractivity contribution in [2.45, 2.75) is 6.54 Å². The van der Waals surface area contributed by atoms with Crippen LogP contribution in [-0.4, -0.2) is 21.5 Å². The van der Waals surface area contributed by atoms with Crippen LogP contribution in [0.1, 0.15) is 5.69 Å². The second-order valence-corrected chi connectivity index (χ2v) is 1.95. The standard InChI is InChI=1S/C5H8N6/c6-1-2-11-5(8)4(3-7)9-10-11/h1-2,6,8H2. The zero-order valence-electron chi connectivity index (χ0n) is 5.86. The van der Waals surface area contributed by atoms with Crippen molar-refractivity contribution in [2.24, 2.45) is 5.73 Å². The summed E-state index contributed by atoms with van der Waals surface area (Å²) in [6.07, 6.45) is 0. The van der Waals surface area contributed by atoms with Crippen LogP contribution in [0, 0.1) is 11.3 Å². The van der Waals surface area contributed by atoms with Crippen molar-refractivity contribution < 1.29 is 0 Å². The van der Waals surface area contributed by atoms with Crippen LogP contribution in [0.15, 0.2) is 0 Å². The van der Waals surface area contributed by atoms with Gasteiger partial charge in [0, 0.05) is 6.54 Å². The Balaban J connectivity index is 2.93. The smallest absolute Gasteiger partial charge is 0.206 e. The van der Waals surface area contributed by atoms with Gasteiger partial charge < -0.3 is 11.5 Å². The highest BCUT2D eigenvalue weighted by Gasteiger charge is 2.06. The summed E-state index contributed by atoms with van der Waals surface area (Å²) in [5.74, 6) is 0.276. The van der Waals surface area contributed by atoms with Crippen LogP contribution in [0.25, 0.3) is 0 Å². The Kier molecular flexibility index (Phi) is 2.03. The van der Waals surface area contributed by atoms with E-state index in [1.54, 1.807) is 0 Å². The van der Waals surface area contributed by atoms with Crippen LogP contribution in [0.4, 0.5) is 5.82 Å². The van der Waals surface area contributed by atoms with Crippen LogP contribution >= 0.6 is 0 Å². The first-order valence-electron chi connectivity index (χ1n) is 3.08. The fourth-order valence-electron chi connectivity index (χ4n) is 0.687. The molecule has 1 aromatic heterocycles. The van der Waals surface area contributed by atoms with Crippen molar-refractivity contribution in [3.8, 4) is 6.07 Å². The molecule has 6 nitrogen and oxygen atoms in total. The minimum atomic E-state index is 0.151. The van der Waals surface area contributed by atoms with Crippen LogP contribution in [-0.2, 0) is 6.54 Å². The van der Waals surface area contributed by atoms with Crippen LogP contribution in [0.2, 0.25) is 0 Å². The molecule has 1 rings (SSSR count). The number of nitrogen functional groups attached to an aromatic ring is 1. The molecular formula is C5H8N6. The molecule has 0 saturated carbocycles. The highest BCUT2D eigenvalue weighted by atomic mass is 15.4. The van der Waals surface area contributed by atoms with Gasteiger partial charge in [-0.15, -0.1) is 5.10 Å². The van der Waals surface area contributed by atoms with Gasteiger partial charge in [-0.3, -0.25) is 0 Å². The minimum Gasteiger partial charge on any atom is -0.381 e. The summed E-state index contributed by atoms with van der Waals surface area (Å²) in [4.78, 5) is 0. The third-order valence-corrected chi connectivity index (χ3v) is 1.22. The number of aromatic nitrogens is 3. The first kappa shape index (κ1) is 7.50. The Hall–Kier alpha value is -1.61. The van der Waals surface area contributed by atoms with Crippen LogP contribution in [0.3, 0.4) is 0 Å². The van der Waals surface area contributed by atoms with Gasteiger partial charge in [0.05, 0.1) is 6.54 Å². The van der Waals surface area contributed by atoms with E-state index in [1.165, 1.54) is 4.68 Å². The lowest BCUT2D eigenvalue weighted by Crippen LogP contribution is -2.13. The van der Waals surface area contributed by atoms with E-state index in [-0.39, 0.29) is 11.5 Å². The van der Waals surface area contributed by atoms with Gasteiger partial charge in [0.2, 0.25) is 5.69 Å². The third-order valence-electron chi connectivity index (χ3n) is 1.22. The summed E-state index contributed by atoms with van der Waals surface area (Å²) in [6.45, 7) is 0.916. The van der Waals surface area contributed by atoms with Gasteiger partial charge in [-0.2, -0.15) is 5.26 Å². The molecule has 0 saturated heterocycles. The van der Waals surface area contributed by atoms with Crippen molar-refractivity contribution >= 4 is 5.82 Å². The summed E-state index contributed by atoms with van der Waals surface area (Å²) >= 11 is 0. The lowest BCUT2D eigenvalue weighted by atomic mass is 10.5. The molecule has 58 valence electrons. The number of nitrogens with two attached hydrogens (primary N) is 2. The maximum Gasteiger partial charge on any atom is 0.206 e. The van der Waals surface area contributed by atoms with E-state index >= 15 is 0 Å². The Morgan fingerprint density at radius 3 is 2.82 bits per heavy atom. The first-order valence-corrected chi connectivity index (χ1v) is 3.08. The number of anilines is 1. The molecule has 0 atom stereocenters. The molecule has 0 aliphatic rings. The lowest BCUT2D eigenvalue weighted by molar-refractivity contribution is 0.605. The molecule has 1 aromatic rings. The average molecular weight is 152 g/mol. The van der Waals surface area contributed by atoms with Crippen molar-refractivity contribution in [1.29, 1.82) is 5.26 Å². The Morgan fingerprint density at radius 1 is 1.64 bits per heavy atom. The van der Waals surface area contributed by atoms with Crippen molar-refractivity contribution in [3.05, 3.63) is 5.69 Å². The predicted octanol–water partition coefficient (Wildman–Crippen LogP) is -1.31. The topological polar surface area (TPSA) is 107 Å². The normalized spacial score (nSPS) is 9.45. The van der Waals surface area contributed by atoms with Gasteiger partial charge in [-0.25, -0.2) is 4.68 Å². The van der Waals surface area contributed by atoms with Crippen LogP contribution in [0.5, 0.6) is 0 Å². The number of nitrogens with zero attached hydrogens (tertiary/aromatic N) is 4. The lowest BCUT2D eigenvalue weighted by Gasteiger charge is -1.96. The minimum absolute atomic E-state index is 0.151. The van der Waals surface area contributed by atoms with E-state index in [0.29, 0.717) is 13.1 Å². The second kappa shape index (κ2) is 2.98. The van der Waals surface area contributed by atoms with E-state index in [1.807, 2.05) is 6.07 Å². The summed E-state index contributed by atoms with van der Waals surface area (Å²) in [5, 5.41) is 15.6. The fraction of sp³-hybridized carbons (Fsp3) is 0.400.